The second-order valence-corrected chi connectivity index (χ2v) is 5.17. The van der Waals surface area contributed by atoms with Crippen molar-refractivity contribution in [3.63, 3.8) is 0 Å². The van der Waals surface area contributed by atoms with Crippen molar-refractivity contribution in [3.05, 3.63) is 23.2 Å². The van der Waals surface area contributed by atoms with Crippen molar-refractivity contribution < 1.29 is 9.59 Å². The lowest BCUT2D eigenvalue weighted by Gasteiger charge is -2.07. The second-order valence-electron chi connectivity index (χ2n) is 3.68. The zero-order valence-electron chi connectivity index (χ0n) is 9.77. The van der Waals surface area contributed by atoms with Gasteiger partial charge in [-0.2, -0.15) is 0 Å². The minimum absolute atomic E-state index is 0.314. The van der Waals surface area contributed by atoms with Crippen molar-refractivity contribution in [2.24, 2.45) is 4.99 Å². The van der Waals surface area contributed by atoms with Gasteiger partial charge < -0.3 is 11.1 Å². The maximum Gasteiger partial charge on any atom is 0.315 e. The molecule has 0 saturated heterocycles. The van der Waals surface area contributed by atoms with Gasteiger partial charge in [0.1, 0.15) is 0 Å². The number of thioether (sulfide) groups is 1. The van der Waals surface area contributed by atoms with Crippen molar-refractivity contribution in [2.75, 3.05) is 23.3 Å². The number of hydrogen-bond acceptors (Lipinski definition) is 5. The third-order valence-corrected chi connectivity index (χ3v) is 3.49. The SMILES string of the molecule is Nc1ccc(NC(=O)C(=O)NC2=NCCS2)cc1Cl. The van der Waals surface area contributed by atoms with Gasteiger partial charge in [-0.05, 0) is 18.2 Å². The van der Waals surface area contributed by atoms with E-state index in [0.717, 1.165) is 5.75 Å². The largest absolute Gasteiger partial charge is 0.398 e. The molecule has 1 heterocycles. The van der Waals surface area contributed by atoms with E-state index in [1.807, 2.05) is 0 Å². The predicted octanol–water partition coefficient (Wildman–Crippen LogP) is 1.08. The number of nitrogens with two attached hydrogens (primary N) is 1. The van der Waals surface area contributed by atoms with Crippen LogP contribution in [0.3, 0.4) is 0 Å². The van der Waals surface area contributed by atoms with E-state index < -0.39 is 11.8 Å². The average molecular weight is 299 g/mol. The second kappa shape index (κ2) is 5.94. The van der Waals surface area contributed by atoms with Gasteiger partial charge in [0.05, 0.1) is 17.3 Å². The molecule has 1 aliphatic heterocycles. The number of nitrogens with one attached hydrogen (secondary N) is 2. The minimum atomic E-state index is -0.781. The van der Waals surface area contributed by atoms with E-state index in [4.69, 9.17) is 17.3 Å². The van der Waals surface area contributed by atoms with Gasteiger partial charge in [0.25, 0.3) is 0 Å². The van der Waals surface area contributed by atoms with Crippen LogP contribution in [0.25, 0.3) is 0 Å². The van der Waals surface area contributed by atoms with Gasteiger partial charge in [-0.25, -0.2) is 0 Å². The van der Waals surface area contributed by atoms with E-state index in [1.165, 1.54) is 17.8 Å². The number of nitrogen functional groups attached to an aromatic ring is 1. The smallest absolute Gasteiger partial charge is 0.315 e. The highest BCUT2D eigenvalue weighted by Gasteiger charge is 2.18. The van der Waals surface area contributed by atoms with Crippen molar-refractivity contribution >= 4 is 51.7 Å². The van der Waals surface area contributed by atoms with Crippen LogP contribution >= 0.6 is 23.4 Å². The number of carbonyl (C=O) groups is 2. The van der Waals surface area contributed by atoms with Crippen LogP contribution in [0.2, 0.25) is 5.02 Å². The lowest BCUT2D eigenvalue weighted by Crippen LogP contribution is -2.37. The van der Waals surface area contributed by atoms with Gasteiger partial charge in [0.15, 0.2) is 5.17 Å². The number of anilines is 2. The standard InChI is InChI=1S/C11H11ClN4O2S/c12-7-5-6(1-2-8(7)13)15-9(17)10(18)16-11-14-3-4-19-11/h1-2,5H,3-4,13H2,(H,15,17)(H,14,16,18). The number of amidine groups is 1. The molecule has 0 unspecified atom stereocenters. The number of carbonyl (C=O) groups excluding carboxylic acids is 2. The maximum atomic E-state index is 11.6. The summed E-state index contributed by atoms with van der Waals surface area (Å²) in [4.78, 5) is 27.2. The van der Waals surface area contributed by atoms with E-state index in [0.29, 0.717) is 28.1 Å². The average Bonchev–Trinajstić information content (AvgIpc) is 2.86. The minimum Gasteiger partial charge on any atom is -0.398 e. The molecule has 2 rings (SSSR count). The summed E-state index contributed by atoms with van der Waals surface area (Å²) in [6.07, 6.45) is 0. The Bertz CT molecular complexity index is 562. The Balaban J connectivity index is 1.96. The topological polar surface area (TPSA) is 96.6 Å². The fourth-order valence-corrected chi connectivity index (χ4v) is 2.26. The number of benzene rings is 1. The molecule has 1 aromatic rings. The van der Waals surface area contributed by atoms with E-state index in [9.17, 15) is 9.59 Å². The Hall–Kier alpha value is -1.73. The van der Waals surface area contributed by atoms with Crippen LogP contribution in [0.1, 0.15) is 0 Å². The Morgan fingerprint density at radius 3 is 2.68 bits per heavy atom. The van der Waals surface area contributed by atoms with Crippen molar-refractivity contribution in [1.29, 1.82) is 0 Å². The molecule has 8 heteroatoms. The first-order valence-corrected chi connectivity index (χ1v) is 6.77. The van der Waals surface area contributed by atoms with Crippen LogP contribution in [0.4, 0.5) is 11.4 Å². The van der Waals surface area contributed by atoms with Crippen LogP contribution < -0.4 is 16.4 Å². The Kier molecular flexibility index (Phi) is 4.28. The van der Waals surface area contributed by atoms with Gasteiger partial charge in [-0.15, -0.1) is 0 Å². The van der Waals surface area contributed by atoms with Crippen LogP contribution in [0.15, 0.2) is 23.2 Å². The predicted molar refractivity (Wildman–Crippen MR) is 77.4 cm³/mol. The molecule has 0 saturated carbocycles. The van der Waals surface area contributed by atoms with Crippen molar-refractivity contribution in [3.8, 4) is 0 Å². The molecule has 0 atom stereocenters. The normalized spacial score (nSPS) is 13.8. The fraction of sp³-hybridized carbons (Fsp3) is 0.182. The number of amides is 2. The molecule has 0 bridgehead atoms. The maximum absolute atomic E-state index is 11.6. The first-order chi connectivity index (χ1) is 9.06. The molecule has 0 aliphatic carbocycles. The lowest BCUT2D eigenvalue weighted by atomic mass is 10.3. The highest BCUT2D eigenvalue weighted by Crippen LogP contribution is 2.22. The van der Waals surface area contributed by atoms with Gasteiger partial charge in [0, 0.05) is 11.4 Å². The molecule has 19 heavy (non-hydrogen) atoms. The summed E-state index contributed by atoms with van der Waals surface area (Å²) in [6.45, 7) is 0.648. The molecular weight excluding hydrogens is 288 g/mol. The van der Waals surface area contributed by atoms with E-state index in [-0.39, 0.29) is 0 Å². The third-order valence-electron chi connectivity index (χ3n) is 2.27. The molecule has 0 radical (unpaired) electrons. The molecule has 0 aromatic heterocycles. The zero-order chi connectivity index (χ0) is 13.8. The van der Waals surface area contributed by atoms with Crippen molar-refractivity contribution in [2.45, 2.75) is 0 Å². The summed E-state index contributed by atoms with van der Waals surface area (Å²) in [5.74, 6) is -0.734. The molecule has 4 N–H and O–H groups in total. The number of hydrogen-bond donors (Lipinski definition) is 3. The van der Waals surface area contributed by atoms with Crippen LogP contribution in [-0.4, -0.2) is 29.3 Å². The Labute approximate surface area is 118 Å². The van der Waals surface area contributed by atoms with Crippen LogP contribution in [-0.2, 0) is 9.59 Å². The monoisotopic (exact) mass is 298 g/mol. The Morgan fingerprint density at radius 2 is 2.05 bits per heavy atom. The molecule has 1 aliphatic rings. The fourth-order valence-electron chi connectivity index (χ4n) is 1.36. The molecule has 2 amide bonds. The summed E-state index contributed by atoms with van der Waals surface area (Å²) in [6, 6.07) is 4.59. The summed E-state index contributed by atoms with van der Waals surface area (Å²) >= 11 is 7.21. The highest BCUT2D eigenvalue weighted by molar-refractivity contribution is 8.14. The lowest BCUT2D eigenvalue weighted by molar-refractivity contribution is -0.135. The first kappa shape index (κ1) is 13.7. The molecule has 0 fully saturated rings. The van der Waals surface area contributed by atoms with Crippen LogP contribution in [0.5, 0.6) is 0 Å². The van der Waals surface area contributed by atoms with E-state index in [2.05, 4.69) is 15.6 Å². The van der Waals surface area contributed by atoms with Crippen molar-refractivity contribution in [1.82, 2.24) is 5.32 Å². The van der Waals surface area contributed by atoms with Gasteiger partial charge in [-0.3, -0.25) is 19.9 Å². The van der Waals surface area contributed by atoms with Gasteiger partial charge >= 0.3 is 11.8 Å². The summed E-state index contributed by atoms with van der Waals surface area (Å²) in [7, 11) is 0. The van der Waals surface area contributed by atoms with E-state index >= 15 is 0 Å². The van der Waals surface area contributed by atoms with E-state index in [1.54, 1.807) is 12.1 Å². The van der Waals surface area contributed by atoms with Gasteiger partial charge in [0.2, 0.25) is 0 Å². The quantitative estimate of drug-likeness (QED) is 0.534. The molecule has 100 valence electrons. The number of aliphatic imine (C=N–C) groups is 1. The summed E-state index contributed by atoms with van der Waals surface area (Å²) < 4.78 is 0. The zero-order valence-corrected chi connectivity index (χ0v) is 11.3. The van der Waals surface area contributed by atoms with Crippen LogP contribution in [0, 0.1) is 0 Å². The highest BCUT2D eigenvalue weighted by atomic mass is 35.5. The molecule has 1 aromatic carbocycles. The number of rotatable bonds is 1. The third kappa shape index (κ3) is 3.62. The first-order valence-electron chi connectivity index (χ1n) is 5.41. The molecule has 6 nitrogen and oxygen atoms in total. The molecule has 0 spiro atoms. The summed E-state index contributed by atoms with van der Waals surface area (Å²) in [5, 5.41) is 5.64. The summed E-state index contributed by atoms with van der Waals surface area (Å²) in [5.41, 5.74) is 6.35. The number of halogens is 1. The number of nitrogens with zero attached hydrogens (tertiary/aromatic N) is 1. The Morgan fingerprint density at radius 1 is 1.32 bits per heavy atom. The van der Waals surface area contributed by atoms with Gasteiger partial charge in [-0.1, -0.05) is 23.4 Å². The molecular formula is C11H11ClN4O2S.